The minimum absolute atomic E-state index is 0.121. The fourth-order valence-electron chi connectivity index (χ4n) is 5.00. The van der Waals surface area contributed by atoms with Gasteiger partial charge in [-0.1, -0.05) is 12.1 Å². The molecule has 6 rings (SSSR count). The van der Waals surface area contributed by atoms with Gasteiger partial charge in [0.1, 0.15) is 23.1 Å². The summed E-state index contributed by atoms with van der Waals surface area (Å²) in [6.45, 7) is 2.97. The molecule has 1 N–H and O–H groups in total. The topological polar surface area (TPSA) is 84.0 Å². The second-order valence-electron chi connectivity index (χ2n) is 10.1. The second-order valence-corrected chi connectivity index (χ2v) is 10.1. The van der Waals surface area contributed by atoms with Crippen LogP contribution in [0.3, 0.4) is 0 Å². The van der Waals surface area contributed by atoms with Crippen molar-refractivity contribution in [3.63, 3.8) is 0 Å². The Balaban J connectivity index is 1.15. The minimum atomic E-state index is -4.54. The number of morpholine rings is 1. The third-order valence-electron chi connectivity index (χ3n) is 7.13. The third-order valence-corrected chi connectivity index (χ3v) is 7.13. The molecule has 0 unspecified atom stereocenters. The van der Waals surface area contributed by atoms with E-state index in [2.05, 4.69) is 24.8 Å². The molecule has 0 atom stereocenters. The molecule has 0 radical (unpaired) electrons. The molecule has 1 aliphatic rings. The van der Waals surface area contributed by atoms with Crippen LogP contribution in [0.2, 0.25) is 0 Å². The SMILES string of the molecule is O=C(Cc1cncc(C(F)(F)F)c1)Cc1ccc(-c2cnc3[nH]c(-c4ccc(N5CCOCC5)nc4)cc3c2)c(F)c1. The summed E-state index contributed by atoms with van der Waals surface area (Å²) in [5, 5.41) is 0.799. The summed E-state index contributed by atoms with van der Waals surface area (Å²) in [6.07, 6.45) is 0.419. The summed E-state index contributed by atoms with van der Waals surface area (Å²) < 4.78 is 59.4. The number of rotatable bonds is 7. The molecule has 11 heteroatoms. The Hall–Kier alpha value is -4.64. The first kappa shape index (κ1) is 27.5. The Bertz CT molecular complexity index is 1750. The third kappa shape index (κ3) is 6.01. The van der Waals surface area contributed by atoms with Crippen molar-refractivity contribution in [1.29, 1.82) is 0 Å². The maximum absolute atomic E-state index is 15.2. The van der Waals surface area contributed by atoms with E-state index in [9.17, 15) is 18.0 Å². The Labute approximate surface area is 238 Å². The maximum atomic E-state index is 15.2. The van der Waals surface area contributed by atoms with Crippen LogP contribution in [0.15, 0.2) is 73.3 Å². The van der Waals surface area contributed by atoms with E-state index in [0.717, 1.165) is 41.6 Å². The number of hydrogen-bond acceptors (Lipinski definition) is 6. The van der Waals surface area contributed by atoms with Gasteiger partial charge in [0.25, 0.3) is 0 Å². The number of H-pyrrole nitrogens is 1. The van der Waals surface area contributed by atoms with Crippen molar-refractivity contribution in [2.24, 2.45) is 0 Å². The van der Waals surface area contributed by atoms with Crippen LogP contribution in [0.5, 0.6) is 0 Å². The number of carbonyl (C=O) groups is 1. The predicted molar refractivity (Wildman–Crippen MR) is 149 cm³/mol. The van der Waals surface area contributed by atoms with Gasteiger partial charge >= 0.3 is 6.18 Å². The Morgan fingerprint density at radius 2 is 1.67 bits per heavy atom. The molecule has 0 amide bonds. The van der Waals surface area contributed by atoms with Crippen LogP contribution < -0.4 is 4.90 Å². The summed E-state index contributed by atoms with van der Waals surface area (Å²) in [4.78, 5) is 30.6. The zero-order chi connectivity index (χ0) is 29.3. The van der Waals surface area contributed by atoms with E-state index in [1.54, 1.807) is 24.5 Å². The number of halogens is 4. The fourth-order valence-corrected chi connectivity index (χ4v) is 5.00. The lowest BCUT2D eigenvalue weighted by Crippen LogP contribution is -2.36. The van der Waals surface area contributed by atoms with Crippen molar-refractivity contribution in [2.75, 3.05) is 31.2 Å². The van der Waals surface area contributed by atoms with E-state index >= 15 is 4.39 Å². The molecule has 1 saturated heterocycles. The van der Waals surface area contributed by atoms with Crippen molar-refractivity contribution in [2.45, 2.75) is 19.0 Å². The maximum Gasteiger partial charge on any atom is 0.417 e. The first-order valence-corrected chi connectivity index (χ1v) is 13.3. The number of nitrogens with zero attached hydrogens (tertiary/aromatic N) is 4. The molecule has 5 aromatic rings. The number of ether oxygens (including phenoxy) is 1. The van der Waals surface area contributed by atoms with E-state index in [4.69, 9.17) is 4.74 Å². The monoisotopic (exact) mass is 575 g/mol. The number of pyridine rings is 3. The van der Waals surface area contributed by atoms with E-state index in [-0.39, 0.29) is 24.2 Å². The number of alkyl halides is 3. The lowest BCUT2D eigenvalue weighted by atomic mass is 9.99. The predicted octanol–water partition coefficient (Wildman–Crippen LogP) is 6.04. The van der Waals surface area contributed by atoms with Crippen LogP contribution in [0, 0.1) is 5.82 Å². The number of fused-ring (bicyclic) bond motifs is 1. The molecular weight excluding hydrogens is 550 g/mol. The van der Waals surface area contributed by atoms with Crippen LogP contribution in [0.1, 0.15) is 16.7 Å². The van der Waals surface area contributed by atoms with E-state index in [1.807, 2.05) is 24.3 Å². The van der Waals surface area contributed by atoms with Crippen LogP contribution in [0.4, 0.5) is 23.4 Å². The highest BCUT2D eigenvalue weighted by molar-refractivity contribution is 5.87. The van der Waals surface area contributed by atoms with Gasteiger partial charge in [-0.3, -0.25) is 9.78 Å². The Morgan fingerprint density at radius 3 is 2.40 bits per heavy atom. The zero-order valence-electron chi connectivity index (χ0n) is 22.3. The molecule has 1 aliphatic heterocycles. The van der Waals surface area contributed by atoms with E-state index < -0.39 is 17.6 Å². The van der Waals surface area contributed by atoms with Gasteiger partial charge in [0.15, 0.2) is 0 Å². The van der Waals surface area contributed by atoms with Crippen LogP contribution in [0.25, 0.3) is 33.4 Å². The lowest BCUT2D eigenvalue weighted by molar-refractivity contribution is -0.138. The number of aromatic amines is 1. The van der Waals surface area contributed by atoms with E-state index in [0.29, 0.717) is 41.7 Å². The average molecular weight is 576 g/mol. The zero-order valence-corrected chi connectivity index (χ0v) is 22.3. The largest absolute Gasteiger partial charge is 0.417 e. The van der Waals surface area contributed by atoms with Gasteiger partial charge in [0.05, 0.1) is 18.8 Å². The first-order valence-electron chi connectivity index (χ1n) is 13.3. The van der Waals surface area contributed by atoms with Crippen molar-refractivity contribution in [1.82, 2.24) is 19.9 Å². The molecule has 214 valence electrons. The fraction of sp³-hybridized carbons (Fsp3) is 0.226. The highest BCUT2D eigenvalue weighted by Gasteiger charge is 2.31. The smallest absolute Gasteiger partial charge is 0.378 e. The summed E-state index contributed by atoms with van der Waals surface area (Å²) in [6, 6.07) is 13.1. The molecular formula is C31H25F4N5O2. The molecule has 7 nitrogen and oxygen atoms in total. The van der Waals surface area contributed by atoms with Crippen LogP contribution in [-0.2, 0) is 28.5 Å². The number of benzene rings is 1. The van der Waals surface area contributed by atoms with E-state index in [1.165, 1.54) is 12.3 Å². The molecule has 4 aromatic heterocycles. The highest BCUT2D eigenvalue weighted by atomic mass is 19.4. The van der Waals surface area contributed by atoms with Gasteiger partial charge in [-0.15, -0.1) is 0 Å². The summed E-state index contributed by atoms with van der Waals surface area (Å²) in [7, 11) is 0. The molecule has 1 fully saturated rings. The molecule has 1 aromatic carbocycles. The number of anilines is 1. The van der Waals surface area contributed by atoms with Crippen LogP contribution >= 0.6 is 0 Å². The minimum Gasteiger partial charge on any atom is -0.378 e. The molecule has 5 heterocycles. The lowest BCUT2D eigenvalue weighted by Gasteiger charge is -2.27. The van der Waals surface area contributed by atoms with Gasteiger partial charge in [-0.2, -0.15) is 13.2 Å². The number of aromatic nitrogens is 4. The van der Waals surface area contributed by atoms with Crippen molar-refractivity contribution < 1.29 is 27.1 Å². The van der Waals surface area contributed by atoms with Gasteiger partial charge in [-0.05, 0) is 47.5 Å². The van der Waals surface area contributed by atoms with Gasteiger partial charge in [-0.25, -0.2) is 14.4 Å². The Kier molecular flexibility index (Phi) is 7.42. The van der Waals surface area contributed by atoms with Crippen molar-refractivity contribution >= 4 is 22.6 Å². The normalized spacial score (nSPS) is 14.0. The number of carbonyl (C=O) groups excluding carboxylic acids is 1. The molecule has 42 heavy (non-hydrogen) atoms. The quantitative estimate of drug-likeness (QED) is 0.239. The molecule has 0 bridgehead atoms. The molecule has 0 aliphatic carbocycles. The first-order chi connectivity index (χ1) is 20.2. The van der Waals surface area contributed by atoms with Gasteiger partial charge in [0, 0.05) is 78.5 Å². The average Bonchev–Trinajstić information content (AvgIpc) is 3.41. The van der Waals surface area contributed by atoms with Gasteiger partial charge < -0.3 is 14.6 Å². The molecule has 0 saturated carbocycles. The summed E-state index contributed by atoms with van der Waals surface area (Å²) in [5.41, 5.74) is 2.93. The van der Waals surface area contributed by atoms with Crippen molar-refractivity contribution in [3.05, 3.63) is 95.8 Å². The number of hydrogen-bond donors (Lipinski definition) is 1. The van der Waals surface area contributed by atoms with Gasteiger partial charge in [0.2, 0.25) is 0 Å². The Morgan fingerprint density at radius 1 is 0.881 bits per heavy atom. The standard InChI is InChI=1S/C31H25F4N5O2/c32-27-12-19(10-25(41)11-20-9-24(18-36-15-20)31(33,34)35)1-3-26(27)23-13-22-14-28(39-30(22)38-17-23)21-2-4-29(37-16-21)40-5-7-42-8-6-40/h1-4,9,12-18H,5-8,10-11H2,(H,38,39). The highest BCUT2D eigenvalue weighted by Crippen LogP contribution is 2.31. The van der Waals surface area contributed by atoms with Crippen molar-refractivity contribution in [3.8, 4) is 22.4 Å². The molecule has 0 spiro atoms. The number of Topliss-reactive ketones (excluding diaryl/α,β-unsaturated/α-hetero) is 1. The summed E-state index contributed by atoms with van der Waals surface area (Å²) >= 11 is 0. The second kappa shape index (κ2) is 11.3. The number of nitrogens with one attached hydrogen (secondary N) is 1. The summed E-state index contributed by atoms with van der Waals surface area (Å²) in [5.74, 6) is 0.0198. The number of ketones is 1. The van der Waals surface area contributed by atoms with Crippen LogP contribution in [-0.4, -0.2) is 52.0 Å².